The molecule has 2 aliphatic rings. The van der Waals surface area contributed by atoms with Gasteiger partial charge in [0.2, 0.25) is 11.8 Å². The van der Waals surface area contributed by atoms with E-state index in [1.807, 2.05) is 24.3 Å². The van der Waals surface area contributed by atoms with Crippen LogP contribution in [0.4, 0.5) is 5.69 Å². The van der Waals surface area contributed by atoms with Gasteiger partial charge in [-0.3, -0.25) is 19.7 Å². The maximum Gasteiger partial charge on any atom is 0.269 e. The number of carbonyl (C=O) groups is 2. The van der Waals surface area contributed by atoms with Crippen LogP contribution in [-0.2, 0) is 25.5 Å². The maximum absolute atomic E-state index is 13.6. The number of aromatic nitrogens is 1. The van der Waals surface area contributed by atoms with Crippen molar-refractivity contribution in [2.75, 3.05) is 27.3 Å². The second-order valence-corrected chi connectivity index (χ2v) is 8.45. The van der Waals surface area contributed by atoms with Crippen LogP contribution in [0.2, 0.25) is 0 Å². The second kappa shape index (κ2) is 8.54. The predicted molar refractivity (Wildman–Crippen MR) is 122 cm³/mol. The largest absolute Gasteiger partial charge is 0.356 e. The van der Waals surface area contributed by atoms with Crippen LogP contribution >= 0.6 is 0 Å². The maximum atomic E-state index is 13.6. The summed E-state index contributed by atoms with van der Waals surface area (Å²) in [4.78, 5) is 44.3. The van der Waals surface area contributed by atoms with Crippen molar-refractivity contribution < 1.29 is 24.0 Å². The number of hydrogen-bond donors (Lipinski definition) is 1. The molecule has 0 bridgehead atoms. The van der Waals surface area contributed by atoms with Crippen LogP contribution in [0.5, 0.6) is 0 Å². The van der Waals surface area contributed by atoms with E-state index in [4.69, 9.17) is 9.47 Å². The second-order valence-electron chi connectivity index (χ2n) is 8.45. The van der Waals surface area contributed by atoms with Crippen LogP contribution in [0, 0.1) is 10.1 Å². The minimum atomic E-state index is -0.706. The highest BCUT2D eigenvalue weighted by Crippen LogP contribution is 2.42. The Bertz CT molecular complexity index is 1270. The number of nitrogens with zero attached hydrogens (tertiary/aromatic N) is 3. The number of aromatic amines is 1. The number of hydrogen-bond acceptors (Lipinski definition) is 6. The van der Waals surface area contributed by atoms with Gasteiger partial charge >= 0.3 is 0 Å². The molecule has 3 heterocycles. The molecule has 2 aliphatic heterocycles. The van der Waals surface area contributed by atoms with E-state index in [0.29, 0.717) is 12.0 Å². The van der Waals surface area contributed by atoms with Gasteiger partial charge in [-0.2, -0.15) is 0 Å². The fraction of sp³-hybridized carbons (Fsp3) is 0.333. The van der Waals surface area contributed by atoms with Crippen molar-refractivity contribution in [3.8, 4) is 0 Å². The number of non-ortho nitro benzene ring substituents is 1. The van der Waals surface area contributed by atoms with E-state index in [0.717, 1.165) is 22.2 Å². The molecule has 1 saturated heterocycles. The van der Waals surface area contributed by atoms with E-state index in [1.165, 1.54) is 31.3 Å². The van der Waals surface area contributed by atoms with Gasteiger partial charge < -0.3 is 24.3 Å². The topological polar surface area (TPSA) is 118 Å². The summed E-state index contributed by atoms with van der Waals surface area (Å²) < 4.78 is 10.5. The molecule has 2 atom stereocenters. The molecule has 0 radical (unpaired) electrons. The monoisotopic (exact) mass is 464 g/mol. The normalized spacial score (nSPS) is 20.1. The quantitative estimate of drug-likeness (QED) is 0.340. The number of piperazine rings is 1. The summed E-state index contributed by atoms with van der Waals surface area (Å²) in [5.74, 6) is -0.384. The van der Waals surface area contributed by atoms with Crippen LogP contribution in [0.1, 0.15) is 22.9 Å². The number of benzene rings is 2. The van der Waals surface area contributed by atoms with Crippen LogP contribution in [-0.4, -0.2) is 71.2 Å². The Morgan fingerprint density at radius 1 is 1.12 bits per heavy atom. The summed E-state index contributed by atoms with van der Waals surface area (Å²) >= 11 is 0. The van der Waals surface area contributed by atoms with Gasteiger partial charge in [-0.05, 0) is 29.3 Å². The fourth-order valence-corrected chi connectivity index (χ4v) is 5.03. The molecular formula is C24H24N4O6. The van der Waals surface area contributed by atoms with Crippen molar-refractivity contribution >= 4 is 28.4 Å². The summed E-state index contributed by atoms with van der Waals surface area (Å²) in [5.41, 5.74) is 3.37. The molecule has 5 rings (SSSR count). The van der Waals surface area contributed by atoms with Crippen LogP contribution in [0.15, 0.2) is 48.5 Å². The van der Waals surface area contributed by atoms with Crippen LogP contribution in [0.25, 0.3) is 10.9 Å². The molecule has 0 spiro atoms. The number of H-pyrrole nitrogens is 1. The molecule has 1 N–H and O–H groups in total. The Labute approximate surface area is 195 Å². The molecule has 0 aliphatic carbocycles. The van der Waals surface area contributed by atoms with Crippen LogP contribution < -0.4 is 0 Å². The number of fused-ring (bicyclic) bond motifs is 4. The molecule has 10 heteroatoms. The third-order valence-electron chi connectivity index (χ3n) is 6.66. The molecule has 0 saturated carbocycles. The minimum Gasteiger partial charge on any atom is -0.356 e. The Morgan fingerprint density at radius 3 is 2.50 bits per heavy atom. The molecule has 2 amide bonds. The van der Waals surface area contributed by atoms with Crippen molar-refractivity contribution in [2.45, 2.75) is 24.8 Å². The molecule has 1 aromatic heterocycles. The Balaban J connectivity index is 1.61. The molecule has 3 aromatic rings. The summed E-state index contributed by atoms with van der Waals surface area (Å²) in [6.07, 6.45) is -0.268. The van der Waals surface area contributed by atoms with Gasteiger partial charge in [0.25, 0.3) is 5.69 Å². The molecular weight excluding hydrogens is 440 g/mol. The Hall–Kier alpha value is -3.76. The predicted octanol–water partition coefficient (Wildman–Crippen LogP) is 2.38. The first-order chi connectivity index (χ1) is 16.4. The molecule has 0 unspecified atom stereocenters. The van der Waals surface area contributed by atoms with Gasteiger partial charge in [0.05, 0.1) is 17.5 Å². The third kappa shape index (κ3) is 3.51. The van der Waals surface area contributed by atoms with E-state index in [2.05, 4.69) is 4.98 Å². The first-order valence-corrected chi connectivity index (χ1v) is 10.9. The first kappa shape index (κ1) is 22.1. The van der Waals surface area contributed by atoms with Gasteiger partial charge in [0.1, 0.15) is 12.6 Å². The third-order valence-corrected chi connectivity index (χ3v) is 6.66. The molecule has 34 heavy (non-hydrogen) atoms. The van der Waals surface area contributed by atoms with Crippen LogP contribution in [0.3, 0.4) is 0 Å². The average Bonchev–Trinajstić information content (AvgIpc) is 3.22. The zero-order valence-corrected chi connectivity index (χ0v) is 18.8. The summed E-state index contributed by atoms with van der Waals surface area (Å²) in [6, 6.07) is 12.7. The summed E-state index contributed by atoms with van der Waals surface area (Å²) in [7, 11) is 2.97. The van der Waals surface area contributed by atoms with Gasteiger partial charge in [-0.15, -0.1) is 0 Å². The van der Waals surface area contributed by atoms with E-state index in [9.17, 15) is 19.7 Å². The number of ether oxygens (including phenoxy) is 2. The lowest BCUT2D eigenvalue weighted by Crippen LogP contribution is -2.63. The van der Waals surface area contributed by atoms with Crippen molar-refractivity contribution in [3.63, 3.8) is 0 Å². The van der Waals surface area contributed by atoms with Crippen molar-refractivity contribution in [2.24, 2.45) is 0 Å². The molecule has 2 aromatic carbocycles. The number of nitro groups is 1. The van der Waals surface area contributed by atoms with E-state index < -0.39 is 23.3 Å². The molecule has 176 valence electrons. The number of rotatable bonds is 6. The molecule has 10 nitrogen and oxygen atoms in total. The van der Waals surface area contributed by atoms with Crippen molar-refractivity contribution in [3.05, 3.63) is 75.5 Å². The van der Waals surface area contributed by atoms with E-state index >= 15 is 0 Å². The number of nitrogens with one attached hydrogen (secondary N) is 1. The Morgan fingerprint density at radius 2 is 1.82 bits per heavy atom. The van der Waals surface area contributed by atoms with E-state index in [-0.39, 0.29) is 30.6 Å². The fourth-order valence-electron chi connectivity index (χ4n) is 5.03. The van der Waals surface area contributed by atoms with Gasteiger partial charge in [-0.25, -0.2) is 0 Å². The zero-order valence-electron chi connectivity index (χ0n) is 18.8. The lowest BCUT2D eigenvalue weighted by atomic mass is 9.86. The average molecular weight is 464 g/mol. The number of carbonyl (C=O) groups excluding carboxylic acids is 2. The number of para-hydroxylation sites is 1. The zero-order chi connectivity index (χ0) is 24.0. The highest BCUT2D eigenvalue weighted by molar-refractivity contribution is 5.97. The standard InChI is InChI=1S/C24H24N4O6/c1-33-21(34-2)13-26-12-20(29)27-19(24(26)30)11-17-16-5-3-4-6-18(16)25-22(17)23(27)14-7-9-15(10-8-14)28(31)32/h3-10,19,21,23,25H,11-13H2,1-2H3/t19-,23-/m1/s1. The van der Waals surface area contributed by atoms with Gasteiger partial charge in [-0.1, -0.05) is 18.2 Å². The highest BCUT2D eigenvalue weighted by Gasteiger charge is 2.48. The first-order valence-electron chi connectivity index (χ1n) is 10.9. The summed E-state index contributed by atoms with van der Waals surface area (Å²) in [6.45, 7) is 0.0441. The minimum absolute atomic E-state index is 0.0367. The van der Waals surface area contributed by atoms with Gasteiger partial charge in [0, 0.05) is 49.4 Å². The van der Waals surface area contributed by atoms with Crippen molar-refractivity contribution in [1.82, 2.24) is 14.8 Å². The van der Waals surface area contributed by atoms with E-state index in [1.54, 1.807) is 17.0 Å². The number of nitro benzene ring substituents is 1. The summed E-state index contributed by atoms with van der Waals surface area (Å²) in [5, 5.41) is 12.2. The molecule has 1 fully saturated rings. The number of methoxy groups -OCH3 is 2. The highest BCUT2D eigenvalue weighted by atomic mass is 16.7. The SMILES string of the molecule is COC(CN1CC(=O)N2[C@H](c3ccc([N+](=O)[O-])cc3)c3[nH]c4ccccc4c3C[C@@H]2C1=O)OC. The lowest BCUT2D eigenvalue weighted by Gasteiger charge is -2.47. The Kier molecular flexibility index (Phi) is 5.54. The van der Waals surface area contributed by atoms with Gasteiger partial charge in [0.15, 0.2) is 6.29 Å². The van der Waals surface area contributed by atoms with Crippen molar-refractivity contribution in [1.29, 1.82) is 0 Å². The lowest BCUT2D eigenvalue weighted by molar-refractivity contribution is -0.384. The number of amides is 2. The smallest absolute Gasteiger partial charge is 0.269 e.